The number of carbonyl (C=O) groups is 1. The Morgan fingerprint density at radius 2 is 1.88 bits per heavy atom. The van der Waals surface area contributed by atoms with Crippen molar-refractivity contribution in [3.8, 4) is 11.3 Å². The molecule has 0 atom stereocenters. The molecule has 0 aliphatic rings. The van der Waals surface area contributed by atoms with Crippen molar-refractivity contribution < 1.29 is 4.79 Å². The van der Waals surface area contributed by atoms with Crippen LogP contribution in [0, 0.1) is 0 Å². The van der Waals surface area contributed by atoms with Gasteiger partial charge in [0.05, 0.1) is 30.9 Å². The number of hydrogen-bond donors (Lipinski definition) is 2. The molecule has 0 aliphatic carbocycles. The van der Waals surface area contributed by atoms with Crippen LogP contribution in [0.5, 0.6) is 0 Å². The van der Waals surface area contributed by atoms with Gasteiger partial charge < -0.3 is 10.7 Å². The summed E-state index contributed by atoms with van der Waals surface area (Å²) in [5.74, 6) is -0.463. The van der Waals surface area contributed by atoms with Crippen LogP contribution < -0.4 is 5.73 Å². The molecule has 3 N–H and O–H groups in total. The number of fused-ring (bicyclic) bond motifs is 1. The Bertz CT molecular complexity index is 1130. The van der Waals surface area contributed by atoms with Crippen LogP contribution >= 0.6 is 46.3 Å². The maximum Gasteiger partial charge on any atom is 0.249 e. The average molecular weight is 419 g/mol. The van der Waals surface area contributed by atoms with Crippen molar-refractivity contribution >= 4 is 62.4 Å². The van der Waals surface area contributed by atoms with Crippen molar-refractivity contribution in [3.63, 3.8) is 0 Å². The SMILES string of the molecule is NC(=O)c1ccccc1-c1[nH]c2ccsc2c1Sc1cccc(Cl)c1Cl. The second-order valence-corrected chi connectivity index (χ2v) is 8.31. The molecule has 0 unspecified atom stereocenters. The Kier molecular flexibility index (Phi) is 4.71. The smallest absolute Gasteiger partial charge is 0.249 e. The predicted octanol–water partition coefficient (Wildman–Crippen LogP) is 6.45. The first kappa shape index (κ1) is 17.5. The average Bonchev–Trinajstić information content (AvgIpc) is 3.21. The first-order chi connectivity index (χ1) is 12.6. The molecule has 0 radical (unpaired) electrons. The normalized spacial score (nSPS) is 11.2. The van der Waals surface area contributed by atoms with Crippen LogP contribution in [-0.4, -0.2) is 10.9 Å². The number of nitrogens with two attached hydrogens (primary N) is 1. The zero-order valence-electron chi connectivity index (χ0n) is 13.3. The number of rotatable bonds is 4. The maximum atomic E-state index is 11.9. The summed E-state index contributed by atoms with van der Waals surface area (Å²) in [7, 11) is 0. The van der Waals surface area contributed by atoms with Crippen LogP contribution in [0.1, 0.15) is 10.4 Å². The van der Waals surface area contributed by atoms with E-state index in [-0.39, 0.29) is 0 Å². The molecule has 2 aromatic heterocycles. The van der Waals surface area contributed by atoms with Gasteiger partial charge in [-0.3, -0.25) is 4.79 Å². The molecule has 2 heterocycles. The zero-order chi connectivity index (χ0) is 18.3. The minimum atomic E-state index is -0.463. The van der Waals surface area contributed by atoms with Crippen LogP contribution in [0.15, 0.2) is 63.7 Å². The number of thiophene rings is 1. The van der Waals surface area contributed by atoms with E-state index in [2.05, 4.69) is 4.98 Å². The van der Waals surface area contributed by atoms with E-state index in [0.29, 0.717) is 15.6 Å². The number of aromatic amines is 1. The van der Waals surface area contributed by atoms with E-state index in [1.807, 2.05) is 35.7 Å². The molecule has 0 fully saturated rings. The van der Waals surface area contributed by atoms with Gasteiger partial charge in [-0.15, -0.1) is 11.3 Å². The van der Waals surface area contributed by atoms with Crippen molar-refractivity contribution in [1.29, 1.82) is 0 Å². The second-order valence-electron chi connectivity index (χ2n) is 5.56. The van der Waals surface area contributed by atoms with E-state index in [1.54, 1.807) is 29.5 Å². The lowest BCUT2D eigenvalue weighted by Crippen LogP contribution is -2.12. The Hall–Kier alpha value is -1.92. The third-order valence-electron chi connectivity index (χ3n) is 3.95. The summed E-state index contributed by atoms with van der Waals surface area (Å²) in [4.78, 5) is 17.1. The fraction of sp³-hybridized carbons (Fsp3) is 0. The molecule has 0 bridgehead atoms. The summed E-state index contributed by atoms with van der Waals surface area (Å²) in [5.41, 5.74) is 8.67. The van der Waals surface area contributed by atoms with Crippen molar-refractivity contribution in [2.75, 3.05) is 0 Å². The third-order valence-corrected chi connectivity index (χ3v) is 7.11. The molecule has 1 amide bonds. The Morgan fingerprint density at radius 3 is 2.69 bits per heavy atom. The largest absolute Gasteiger partial charge is 0.366 e. The summed E-state index contributed by atoms with van der Waals surface area (Å²) in [6.45, 7) is 0. The predicted molar refractivity (Wildman–Crippen MR) is 111 cm³/mol. The van der Waals surface area contributed by atoms with E-state index in [0.717, 1.165) is 31.3 Å². The quantitative estimate of drug-likeness (QED) is 0.399. The van der Waals surface area contributed by atoms with Gasteiger partial charge in [0.2, 0.25) is 5.91 Å². The minimum Gasteiger partial charge on any atom is -0.366 e. The molecule has 0 aliphatic heterocycles. The lowest BCUT2D eigenvalue weighted by atomic mass is 10.0. The highest BCUT2D eigenvalue weighted by Crippen LogP contribution is 2.46. The first-order valence-corrected chi connectivity index (χ1v) is 10.1. The highest BCUT2D eigenvalue weighted by molar-refractivity contribution is 8.00. The number of nitrogens with one attached hydrogen (secondary N) is 1. The third kappa shape index (κ3) is 3.01. The number of primary amides is 1. The summed E-state index contributed by atoms with van der Waals surface area (Å²) < 4.78 is 1.10. The Morgan fingerprint density at radius 1 is 1.08 bits per heavy atom. The van der Waals surface area contributed by atoms with E-state index in [4.69, 9.17) is 28.9 Å². The summed E-state index contributed by atoms with van der Waals surface area (Å²) in [6.07, 6.45) is 0. The van der Waals surface area contributed by atoms with Gasteiger partial charge in [-0.1, -0.05) is 59.2 Å². The maximum absolute atomic E-state index is 11.9. The molecule has 0 saturated carbocycles. The van der Waals surface area contributed by atoms with Gasteiger partial charge in [0.25, 0.3) is 0 Å². The first-order valence-electron chi connectivity index (χ1n) is 7.66. The molecule has 130 valence electrons. The van der Waals surface area contributed by atoms with Gasteiger partial charge in [-0.2, -0.15) is 0 Å². The number of hydrogen-bond acceptors (Lipinski definition) is 3. The number of H-pyrrole nitrogens is 1. The number of aromatic nitrogens is 1. The van der Waals surface area contributed by atoms with Gasteiger partial charge >= 0.3 is 0 Å². The van der Waals surface area contributed by atoms with Crippen molar-refractivity contribution in [2.24, 2.45) is 5.73 Å². The van der Waals surface area contributed by atoms with Crippen LogP contribution in [0.3, 0.4) is 0 Å². The van der Waals surface area contributed by atoms with Gasteiger partial charge in [0, 0.05) is 16.0 Å². The lowest BCUT2D eigenvalue weighted by molar-refractivity contribution is 0.100. The van der Waals surface area contributed by atoms with E-state index >= 15 is 0 Å². The summed E-state index contributed by atoms with van der Waals surface area (Å²) >= 11 is 15.7. The fourth-order valence-corrected chi connectivity index (χ4v) is 5.33. The number of carbonyl (C=O) groups excluding carboxylic acids is 1. The monoisotopic (exact) mass is 418 g/mol. The molecule has 0 saturated heterocycles. The second kappa shape index (κ2) is 7.00. The van der Waals surface area contributed by atoms with Crippen LogP contribution in [0.2, 0.25) is 10.0 Å². The molecule has 3 nitrogen and oxygen atoms in total. The number of halogens is 2. The van der Waals surface area contributed by atoms with E-state index in [9.17, 15) is 4.79 Å². The molecule has 26 heavy (non-hydrogen) atoms. The molecule has 4 rings (SSSR count). The van der Waals surface area contributed by atoms with Crippen LogP contribution in [-0.2, 0) is 0 Å². The molecule has 7 heteroatoms. The van der Waals surface area contributed by atoms with Gasteiger partial charge in [0.15, 0.2) is 0 Å². The number of benzene rings is 2. The molecular weight excluding hydrogens is 407 g/mol. The van der Waals surface area contributed by atoms with Crippen LogP contribution in [0.4, 0.5) is 0 Å². The molecule has 4 aromatic rings. The standard InChI is InChI=1S/C19H12Cl2N2OS2/c20-12-6-3-7-14(15(12)21)26-18-16(23-13-8-9-25-17(13)18)10-4-1-2-5-11(10)19(22)24/h1-9,23H,(H2,22,24). The molecule has 2 aromatic carbocycles. The zero-order valence-corrected chi connectivity index (χ0v) is 16.4. The Balaban J connectivity index is 1.93. The van der Waals surface area contributed by atoms with Gasteiger partial charge in [-0.05, 0) is 29.6 Å². The van der Waals surface area contributed by atoms with Crippen molar-refractivity contribution in [1.82, 2.24) is 4.98 Å². The van der Waals surface area contributed by atoms with Crippen LogP contribution in [0.25, 0.3) is 21.5 Å². The summed E-state index contributed by atoms with van der Waals surface area (Å²) in [6, 6.07) is 14.9. The molecule has 0 spiro atoms. The highest BCUT2D eigenvalue weighted by atomic mass is 35.5. The summed E-state index contributed by atoms with van der Waals surface area (Å²) in [5, 5.41) is 3.04. The van der Waals surface area contributed by atoms with Gasteiger partial charge in [0.1, 0.15) is 0 Å². The lowest BCUT2D eigenvalue weighted by Gasteiger charge is -2.10. The van der Waals surface area contributed by atoms with E-state index in [1.165, 1.54) is 11.8 Å². The van der Waals surface area contributed by atoms with Gasteiger partial charge in [-0.25, -0.2) is 0 Å². The highest BCUT2D eigenvalue weighted by Gasteiger charge is 2.20. The van der Waals surface area contributed by atoms with Crippen molar-refractivity contribution in [3.05, 3.63) is 69.5 Å². The van der Waals surface area contributed by atoms with Crippen molar-refractivity contribution in [2.45, 2.75) is 9.79 Å². The minimum absolute atomic E-state index is 0.463. The Labute approximate surface area is 168 Å². The fourth-order valence-electron chi connectivity index (χ4n) is 2.76. The topological polar surface area (TPSA) is 58.9 Å². The molecular formula is C19H12Cl2N2OS2. The number of amides is 1. The van der Waals surface area contributed by atoms with E-state index < -0.39 is 5.91 Å².